The van der Waals surface area contributed by atoms with E-state index in [0.717, 1.165) is 38.3 Å². The molecule has 1 aromatic carbocycles. The van der Waals surface area contributed by atoms with Crippen LogP contribution in [0.15, 0.2) is 24.4 Å². The molecule has 0 saturated heterocycles. The summed E-state index contributed by atoms with van der Waals surface area (Å²) in [5.74, 6) is -5.09. The Bertz CT molecular complexity index is 1260. The topological polar surface area (TPSA) is 106 Å². The van der Waals surface area contributed by atoms with E-state index in [2.05, 4.69) is 11.9 Å². The van der Waals surface area contributed by atoms with Gasteiger partial charge in [-0.3, -0.25) is 9.59 Å². The Morgan fingerprint density at radius 1 is 1.10 bits per heavy atom. The first kappa shape index (κ1) is 34.5. The number of halogens is 4. The van der Waals surface area contributed by atoms with Gasteiger partial charge in [-0.2, -0.15) is 13.2 Å². The van der Waals surface area contributed by atoms with E-state index in [4.69, 9.17) is 14.6 Å². The van der Waals surface area contributed by atoms with Crippen molar-refractivity contribution in [3.05, 3.63) is 46.9 Å². The van der Waals surface area contributed by atoms with E-state index < -0.39 is 53.6 Å². The number of anilines is 1. The van der Waals surface area contributed by atoms with Crippen LogP contribution in [0.3, 0.4) is 0 Å². The summed E-state index contributed by atoms with van der Waals surface area (Å²) in [6, 6.07) is 1.98. The average molecular weight is 599 g/mol. The predicted molar refractivity (Wildman–Crippen MR) is 148 cm³/mol. The molecule has 0 atom stereocenters. The summed E-state index contributed by atoms with van der Waals surface area (Å²) in [6.45, 7) is 9.52. The highest BCUT2D eigenvalue weighted by atomic mass is 19.4. The molecule has 0 unspecified atom stereocenters. The number of hydrogen-bond acceptors (Lipinski definition) is 6. The van der Waals surface area contributed by atoms with Crippen LogP contribution in [0, 0.1) is 17.7 Å². The fourth-order valence-electron chi connectivity index (χ4n) is 4.72. The molecule has 1 aliphatic carbocycles. The van der Waals surface area contributed by atoms with Crippen LogP contribution in [-0.4, -0.2) is 41.1 Å². The predicted octanol–water partition coefficient (Wildman–Crippen LogP) is 7.43. The summed E-state index contributed by atoms with van der Waals surface area (Å²) < 4.78 is 66.8. The number of aryl methyl sites for hydroxylation is 1. The quantitative estimate of drug-likeness (QED) is 0.236. The number of alkyl halides is 3. The molecule has 8 nitrogen and oxygen atoms in total. The first-order valence-electron chi connectivity index (χ1n) is 13.9. The third-order valence-corrected chi connectivity index (χ3v) is 6.88. The summed E-state index contributed by atoms with van der Waals surface area (Å²) >= 11 is 0. The van der Waals surface area contributed by atoms with E-state index >= 15 is 4.39 Å². The Morgan fingerprint density at radius 2 is 1.71 bits per heavy atom. The van der Waals surface area contributed by atoms with E-state index in [1.807, 2.05) is 13.8 Å². The van der Waals surface area contributed by atoms with Crippen LogP contribution in [0.1, 0.15) is 88.2 Å². The third kappa shape index (κ3) is 8.65. The SMILES string of the molecule is CC.COC(=O)c1cc(Oc2ncc(CCC(=O)O)cc2C(F)(F)F)c(F)cc1N(C(=O)C1CCC(C)CC1)C(C)C. The summed E-state index contributed by atoms with van der Waals surface area (Å²) in [4.78, 5) is 42.0. The van der Waals surface area contributed by atoms with Gasteiger partial charge in [-0.25, -0.2) is 14.2 Å². The van der Waals surface area contributed by atoms with Crippen LogP contribution >= 0.6 is 0 Å². The molecule has 1 aliphatic rings. The number of carbonyl (C=O) groups is 3. The number of carboxylic acids is 1. The van der Waals surface area contributed by atoms with Gasteiger partial charge >= 0.3 is 18.1 Å². The number of amides is 1. The van der Waals surface area contributed by atoms with Crippen LogP contribution in [0.5, 0.6) is 11.6 Å². The number of ether oxygens (including phenoxy) is 2. The van der Waals surface area contributed by atoms with Gasteiger partial charge in [0.2, 0.25) is 11.8 Å². The van der Waals surface area contributed by atoms with E-state index in [9.17, 15) is 27.6 Å². The molecule has 2 aromatic rings. The van der Waals surface area contributed by atoms with Gasteiger partial charge < -0.3 is 19.5 Å². The Kier molecular flexibility index (Phi) is 12.3. The van der Waals surface area contributed by atoms with Gasteiger partial charge in [-0.15, -0.1) is 0 Å². The number of carboxylic acid groups (broad SMARTS) is 1. The number of rotatable bonds is 9. The number of hydrogen-bond donors (Lipinski definition) is 1. The van der Waals surface area contributed by atoms with Crippen molar-refractivity contribution in [2.24, 2.45) is 11.8 Å². The van der Waals surface area contributed by atoms with Crippen molar-refractivity contribution in [3.63, 3.8) is 0 Å². The molecule has 0 aliphatic heterocycles. The lowest BCUT2D eigenvalue weighted by Gasteiger charge is -2.34. The van der Waals surface area contributed by atoms with E-state index in [1.54, 1.807) is 13.8 Å². The van der Waals surface area contributed by atoms with Crippen LogP contribution < -0.4 is 9.64 Å². The number of pyridine rings is 1. The summed E-state index contributed by atoms with van der Waals surface area (Å²) in [7, 11) is 1.08. The van der Waals surface area contributed by atoms with Crippen molar-refractivity contribution in [1.29, 1.82) is 0 Å². The van der Waals surface area contributed by atoms with E-state index in [0.29, 0.717) is 24.8 Å². The molecule has 0 spiro atoms. The van der Waals surface area contributed by atoms with Gasteiger partial charge in [-0.05, 0) is 63.5 Å². The Labute approximate surface area is 243 Å². The standard InChI is InChI=1S/C28H32F4N2O6.C2H6/c1-15(2)34(26(37)18-8-5-16(3)6-9-18)22-13-21(29)23(12-19(22)27(38)39-4)40-25-20(28(30,31)32)11-17(14-33-25)7-10-24(35)36;1-2/h11-16,18H,5-10H2,1-4H3,(H,35,36);1-2H3. The van der Waals surface area contributed by atoms with Crippen molar-refractivity contribution in [1.82, 2.24) is 4.98 Å². The fraction of sp³-hybridized carbons (Fsp3) is 0.533. The number of nitrogens with zero attached hydrogens (tertiary/aromatic N) is 2. The largest absolute Gasteiger partial charge is 0.481 e. The highest BCUT2D eigenvalue weighted by Crippen LogP contribution is 2.40. The summed E-state index contributed by atoms with van der Waals surface area (Å²) in [6.07, 6.45) is -1.56. The lowest BCUT2D eigenvalue weighted by molar-refractivity contribution is -0.139. The lowest BCUT2D eigenvalue weighted by Crippen LogP contribution is -2.43. The molecule has 1 saturated carbocycles. The molecule has 1 aromatic heterocycles. The summed E-state index contributed by atoms with van der Waals surface area (Å²) in [5, 5.41) is 8.82. The molecular weight excluding hydrogens is 560 g/mol. The van der Waals surface area contributed by atoms with Gasteiger partial charge in [0.25, 0.3) is 0 Å². The minimum Gasteiger partial charge on any atom is -0.481 e. The first-order chi connectivity index (χ1) is 19.7. The minimum absolute atomic E-state index is 0.00339. The summed E-state index contributed by atoms with van der Waals surface area (Å²) in [5.41, 5.74) is -1.69. The number of esters is 1. The maximum absolute atomic E-state index is 15.4. The van der Waals surface area contributed by atoms with Gasteiger partial charge in [0, 0.05) is 36.7 Å². The average Bonchev–Trinajstić information content (AvgIpc) is 2.94. The van der Waals surface area contributed by atoms with Crippen LogP contribution in [0.25, 0.3) is 0 Å². The fourth-order valence-corrected chi connectivity index (χ4v) is 4.72. The third-order valence-electron chi connectivity index (χ3n) is 6.88. The van der Waals surface area contributed by atoms with Crippen molar-refractivity contribution in [2.45, 2.75) is 85.4 Å². The van der Waals surface area contributed by atoms with Crippen LogP contribution in [0.2, 0.25) is 0 Å². The molecule has 1 N–H and O–H groups in total. The maximum Gasteiger partial charge on any atom is 0.421 e. The van der Waals surface area contributed by atoms with Gasteiger partial charge in [-0.1, -0.05) is 20.8 Å². The maximum atomic E-state index is 15.4. The monoisotopic (exact) mass is 598 g/mol. The molecule has 12 heteroatoms. The zero-order valence-corrected chi connectivity index (χ0v) is 24.7. The molecule has 42 heavy (non-hydrogen) atoms. The normalized spacial score (nSPS) is 16.7. The van der Waals surface area contributed by atoms with E-state index in [1.165, 1.54) is 4.90 Å². The Hall–Kier alpha value is -3.70. The lowest BCUT2D eigenvalue weighted by atomic mass is 9.82. The van der Waals surface area contributed by atoms with Crippen molar-refractivity contribution < 1.29 is 46.5 Å². The number of aliphatic carboxylic acids is 1. The van der Waals surface area contributed by atoms with E-state index in [-0.39, 0.29) is 35.1 Å². The van der Waals surface area contributed by atoms with Crippen molar-refractivity contribution in [2.75, 3.05) is 12.0 Å². The molecule has 3 rings (SSSR count). The van der Waals surface area contributed by atoms with Crippen LogP contribution in [0.4, 0.5) is 23.2 Å². The van der Waals surface area contributed by atoms with Crippen molar-refractivity contribution >= 4 is 23.5 Å². The second kappa shape index (κ2) is 15.0. The number of aromatic nitrogens is 1. The molecule has 1 heterocycles. The molecule has 232 valence electrons. The molecule has 0 bridgehead atoms. The second-order valence-electron chi connectivity index (χ2n) is 10.2. The number of methoxy groups -OCH3 is 1. The number of carbonyl (C=O) groups excluding carboxylic acids is 2. The van der Waals surface area contributed by atoms with Crippen molar-refractivity contribution in [3.8, 4) is 11.6 Å². The molecule has 1 amide bonds. The first-order valence-corrected chi connectivity index (χ1v) is 13.9. The van der Waals surface area contributed by atoms with Crippen LogP contribution in [-0.2, 0) is 26.9 Å². The second-order valence-corrected chi connectivity index (χ2v) is 10.2. The van der Waals surface area contributed by atoms with Gasteiger partial charge in [0.05, 0.1) is 18.4 Å². The zero-order valence-electron chi connectivity index (χ0n) is 24.7. The Morgan fingerprint density at radius 3 is 2.24 bits per heavy atom. The minimum atomic E-state index is -4.96. The highest BCUT2D eigenvalue weighted by molar-refractivity contribution is 6.04. The molecule has 1 fully saturated rings. The molecular formula is C30H38F4N2O6. The Balaban J connectivity index is 0.00000301. The van der Waals surface area contributed by atoms with Gasteiger partial charge in [0.15, 0.2) is 11.6 Å². The molecule has 0 radical (unpaired) electrons. The zero-order chi connectivity index (χ0) is 31.8. The van der Waals surface area contributed by atoms with Gasteiger partial charge in [0.1, 0.15) is 5.56 Å². The number of benzene rings is 1. The smallest absolute Gasteiger partial charge is 0.421 e. The highest BCUT2D eigenvalue weighted by Gasteiger charge is 2.37.